The summed E-state index contributed by atoms with van der Waals surface area (Å²) in [4.78, 5) is 0.991. The Bertz CT molecular complexity index is 708. The third-order valence-corrected chi connectivity index (χ3v) is 5.57. The first-order valence-electron chi connectivity index (χ1n) is 6.83. The van der Waals surface area contributed by atoms with Crippen molar-refractivity contribution < 1.29 is 13.5 Å². The molecule has 0 bridgehead atoms. The van der Waals surface area contributed by atoms with Crippen LogP contribution in [-0.2, 0) is 15.6 Å². The summed E-state index contributed by atoms with van der Waals surface area (Å²) in [5, 5.41) is 20.7. The van der Waals surface area contributed by atoms with Crippen LogP contribution in [0.3, 0.4) is 0 Å². The van der Waals surface area contributed by atoms with Crippen molar-refractivity contribution in [1.29, 1.82) is 0 Å². The second-order valence-electron chi connectivity index (χ2n) is 5.47. The smallest absolute Gasteiger partial charge is 0.238 e. The zero-order valence-electron chi connectivity index (χ0n) is 12.5. The highest BCUT2D eigenvalue weighted by Crippen LogP contribution is 2.25. The summed E-state index contributed by atoms with van der Waals surface area (Å²) < 4.78 is 22.5. The van der Waals surface area contributed by atoms with Crippen LogP contribution in [0, 0.1) is 0 Å². The zero-order chi connectivity index (χ0) is 16.4. The predicted molar refractivity (Wildman–Crippen MR) is 88.1 cm³/mol. The lowest BCUT2D eigenvalue weighted by Crippen LogP contribution is -2.36. The third-order valence-electron chi connectivity index (χ3n) is 3.51. The van der Waals surface area contributed by atoms with Crippen molar-refractivity contribution in [2.45, 2.75) is 30.4 Å². The molecule has 1 heterocycles. The maximum Gasteiger partial charge on any atom is 0.238 e. The summed E-state index contributed by atoms with van der Waals surface area (Å²) in [6.07, 6.45) is 0. The van der Waals surface area contributed by atoms with E-state index in [-0.39, 0.29) is 10.9 Å². The van der Waals surface area contributed by atoms with E-state index in [9.17, 15) is 13.5 Å². The van der Waals surface area contributed by atoms with Crippen molar-refractivity contribution >= 4 is 21.4 Å². The van der Waals surface area contributed by atoms with Gasteiger partial charge in [-0.15, -0.1) is 11.3 Å². The van der Waals surface area contributed by atoms with E-state index < -0.39 is 15.6 Å². The van der Waals surface area contributed by atoms with Crippen LogP contribution < -0.4 is 10.5 Å². The lowest BCUT2D eigenvalue weighted by molar-refractivity contribution is 0.0581. The van der Waals surface area contributed by atoms with Gasteiger partial charge in [0, 0.05) is 17.5 Å². The van der Waals surface area contributed by atoms with E-state index in [1.54, 1.807) is 19.1 Å². The summed E-state index contributed by atoms with van der Waals surface area (Å²) in [5.41, 5.74) is -0.0162. The van der Waals surface area contributed by atoms with E-state index in [1.807, 2.05) is 24.4 Å². The van der Waals surface area contributed by atoms with Crippen LogP contribution in [0.4, 0.5) is 0 Å². The van der Waals surface area contributed by atoms with Crippen LogP contribution in [0.5, 0.6) is 0 Å². The number of aliphatic hydroxyl groups is 1. The van der Waals surface area contributed by atoms with Gasteiger partial charge in [0.15, 0.2) is 0 Å². The molecule has 2 aromatic rings. The van der Waals surface area contributed by atoms with Gasteiger partial charge in [-0.25, -0.2) is 13.6 Å². The van der Waals surface area contributed by atoms with Crippen LogP contribution in [-0.4, -0.2) is 20.1 Å². The largest absolute Gasteiger partial charge is 0.383 e. The molecule has 1 aromatic carbocycles. The molecule has 0 fully saturated rings. The monoisotopic (exact) mass is 340 g/mol. The Morgan fingerprint density at radius 1 is 1.32 bits per heavy atom. The highest BCUT2D eigenvalue weighted by atomic mass is 32.2. The molecular formula is C15H20N2O3S2. The fourth-order valence-corrected chi connectivity index (χ4v) is 3.39. The Labute approximate surface area is 134 Å². The number of hydrogen-bond donors (Lipinski definition) is 3. The fourth-order valence-electron chi connectivity index (χ4n) is 2.09. The molecule has 22 heavy (non-hydrogen) atoms. The van der Waals surface area contributed by atoms with Gasteiger partial charge < -0.3 is 10.4 Å². The molecule has 0 saturated heterocycles. The maximum atomic E-state index is 11.2. The minimum absolute atomic E-state index is 0.0269. The zero-order valence-corrected chi connectivity index (χ0v) is 14.1. The van der Waals surface area contributed by atoms with E-state index >= 15 is 0 Å². The molecule has 0 radical (unpaired) electrons. The summed E-state index contributed by atoms with van der Waals surface area (Å²) in [5.74, 6) is 0. The fraction of sp³-hybridized carbons (Fsp3) is 0.333. The summed E-state index contributed by atoms with van der Waals surface area (Å²) in [6.45, 7) is 4.12. The Morgan fingerprint density at radius 2 is 1.95 bits per heavy atom. The summed E-state index contributed by atoms with van der Waals surface area (Å²) >= 11 is 1.51. The molecule has 120 valence electrons. The van der Waals surface area contributed by atoms with Gasteiger partial charge in [0.1, 0.15) is 5.60 Å². The molecule has 0 spiro atoms. The molecule has 1 aromatic heterocycles. The van der Waals surface area contributed by atoms with Crippen molar-refractivity contribution in [3.05, 3.63) is 52.2 Å². The summed E-state index contributed by atoms with van der Waals surface area (Å²) in [7, 11) is -3.67. The molecule has 0 aliphatic carbocycles. The van der Waals surface area contributed by atoms with Crippen LogP contribution in [0.15, 0.2) is 46.7 Å². The van der Waals surface area contributed by atoms with Crippen molar-refractivity contribution in [2.75, 3.05) is 6.54 Å². The maximum absolute atomic E-state index is 11.2. The van der Waals surface area contributed by atoms with Crippen LogP contribution in [0.2, 0.25) is 0 Å². The Morgan fingerprint density at radius 3 is 2.45 bits per heavy atom. The van der Waals surface area contributed by atoms with Crippen molar-refractivity contribution in [2.24, 2.45) is 5.14 Å². The molecule has 2 unspecified atom stereocenters. The lowest BCUT2D eigenvalue weighted by Gasteiger charge is -2.25. The number of hydrogen-bond acceptors (Lipinski definition) is 5. The predicted octanol–water partition coefficient (Wildman–Crippen LogP) is 1.95. The Kier molecular flexibility index (Phi) is 5.03. The molecule has 0 saturated carbocycles. The average Bonchev–Trinajstić information content (AvgIpc) is 2.99. The first kappa shape index (κ1) is 17.1. The average molecular weight is 340 g/mol. The number of nitrogens with one attached hydrogen (secondary N) is 1. The molecule has 0 aliphatic rings. The second-order valence-corrected chi connectivity index (χ2v) is 7.98. The van der Waals surface area contributed by atoms with Gasteiger partial charge in [0.25, 0.3) is 0 Å². The van der Waals surface area contributed by atoms with Crippen molar-refractivity contribution in [3.8, 4) is 0 Å². The Balaban J connectivity index is 2.02. The van der Waals surface area contributed by atoms with Gasteiger partial charge in [-0.1, -0.05) is 18.2 Å². The van der Waals surface area contributed by atoms with E-state index in [0.717, 1.165) is 10.4 Å². The van der Waals surface area contributed by atoms with Crippen LogP contribution >= 0.6 is 11.3 Å². The van der Waals surface area contributed by atoms with Gasteiger partial charge in [-0.2, -0.15) is 0 Å². The standard InChI is InChI=1S/C15H20N2O3S2/c1-11(12-5-7-13(8-6-12)22(16,19)20)17-10-15(2,18)14-4-3-9-21-14/h3-9,11,17-18H,10H2,1-2H3,(H2,16,19,20). The first-order chi connectivity index (χ1) is 10.2. The van der Waals surface area contributed by atoms with Gasteiger partial charge in [-0.3, -0.25) is 0 Å². The van der Waals surface area contributed by atoms with E-state index in [1.165, 1.54) is 23.5 Å². The molecule has 4 N–H and O–H groups in total. The van der Waals surface area contributed by atoms with Crippen LogP contribution in [0.25, 0.3) is 0 Å². The third kappa shape index (κ3) is 4.15. The molecule has 2 rings (SSSR count). The number of primary sulfonamides is 1. The van der Waals surface area contributed by atoms with E-state index in [0.29, 0.717) is 6.54 Å². The molecule has 0 aliphatic heterocycles. The number of benzene rings is 1. The van der Waals surface area contributed by atoms with Gasteiger partial charge in [0.2, 0.25) is 10.0 Å². The highest BCUT2D eigenvalue weighted by molar-refractivity contribution is 7.89. The number of rotatable bonds is 6. The number of thiophene rings is 1. The normalized spacial score (nSPS) is 16.2. The topological polar surface area (TPSA) is 92.4 Å². The van der Waals surface area contributed by atoms with Crippen molar-refractivity contribution in [1.82, 2.24) is 5.32 Å². The van der Waals surface area contributed by atoms with Crippen LogP contribution in [0.1, 0.15) is 30.3 Å². The van der Waals surface area contributed by atoms with Gasteiger partial charge in [-0.05, 0) is 43.0 Å². The second kappa shape index (κ2) is 6.47. The Hall–Kier alpha value is -1.25. The molecule has 7 heteroatoms. The van der Waals surface area contributed by atoms with Gasteiger partial charge >= 0.3 is 0 Å². The van der Waals surface area contributed by atoms with E-state index in [2.05, 4.69) is 5.32 Å². The minimum atomic E-state index is -3.67. The number of sulfonamides is 1. The molecular weight excluding hydrogens is 320 g/mol. The molecule has 0 amide bonds. The van der Waals surface area contributed by atoms with E-state index in [4.69, 9.17) is 5.14 Å². The summed E-state index contributed by atoms with van der Waals surface area (Å²) in [6, 6.07) is 10.2. The first-order valence-corrected chi connectivity index (χ1v) is 9.25. The SMILES string of the molecule is CC(NCC(C)(O)c1cccs1)c1ccc(S(N)(=O)=O)cc1. The van der Waals surface area contributed by atoms with Gasteiger partial charge in [0.05, 0.1) is 4.90 Å². The quantitative estimate of drug-likeness (QED) is 0.749. The molecule has 5 nitrogen and oxygen atoms in total. The molecule has 2 atom stereocenters. The highest BCUT2D eigenvalue weighted by Gasteiger charge is 2.24. The number of nitrogens with two attached hydrogens (primary N) is 1. The minimum Gasteiger partial charge on any atom is -0.383 e. The lowest BCUT2D eigenvalue weighted by atomic mass is 10.0. The van der Waals surface area contributed by atoms with Crippen molar-refractivity contribution in [3.63, 3.8) is 0 Å².